The summed E-state index contributed by atoms with van der Waals surface area (Å²) in [6, 6.07) is 8.75. The van der Waals surface area contributed by atoms with Crippen molar-refractivity contribution in [2.45, 2.75) is 90.6 Å². The molecule has 0 radical (unpaired) electrons. The Balaban J connectivity index is 1.88. The quantitative estimate of drug-likeness (QED) is 0.353. The molecule has 32 heavy (non-hydrogen) atoms. The Morgan fingerprint density at radius 1 is 1.22 bits per heavy atom. The van der Waals surface area contributed by atoms with Crippen LogP contribution in [-0.2, 0) is 9.53 Å². The molecule has 2 rings (SSSR count). The van der Waals surface area contributed by atoms with Crippen molar-refractivity contribution in [3.05, 3.63) is 35.9 Å². The number of amides is 1. The highest BCUT2D eigenvalue weighted by Gasteiger charge is 2.33. The molecule has 0 aromatic heterocycles. The number of methoxy groups -OCH3 is 1. The van der Waals surface area contributed by atoms with Crippen LogP contribution in [0.15, 0.2) is 30.3 Å². The molecule has 1 aromatic carbocycles. The lowest BCUT2D eigenvalue weighted by Crippen LogP contribution is -2.46. The molecule has 0 aliphatic carbocycles. The van der Waals surface area contributed by atoms with E-state index in [9.17, 15) is 14.7 Å². The van der Waals surface area contributed by atoms with Gasteiger partial charge in [-0.2, -0.15) is 0 Å². The fourth-order valence-electron chi connectivity index (χ4n) is 4.51. The van der Waals surface area contributed by atoms with Crippen molar-refractivity contribution >= 4 is 11.7 Å². The van der Waals surface area contributed by atoms with Gasteiger partial charge in [0.2, 0.25) is 5.91 Å². The number of carbonyl (C=O) groups is 2. The summed E-state index contributed by atoms with van der Waals surface area (Å²) < 4.78 is 5.58. The Morgan fingerprint density at radius 3 is 2.53 bits per heavy atom. The number of ketones is 1. The van der Waals surface area contributed by atoms with Gasteiger partial charge in [-0.1, -0.05) is 57.5 Å². The first-order valence-corrected chi connectivity index (χ1v) is 12.1. The van der Waals surface area contributed by atoms with Crippen molar-refractivity contribution in [3.8, 4) is 0 Å². The van der Waals surface area contributed by atoms with E-state index in [4.69, 9.17) is 4.74 Å². The number of hydrogen-bond acceptors (Lipinski definition) is 5. The Kier molecular flexibility index (Phi) is 10.8. The lowest BCUT2D eigenvalue weighted by Gasteiger charge is -2.31. The number of Topliss-reactive ketones (excluding diaryl/α,β-unsaturated/α-hetero) is 1. The van der Waals surface area contributed by atoms with Crippen LogP contribution in [0.5, 0.6) is 0 Å². The van der Waals surface area contributed by atoms with Gasteiger partial charge >= 0.3 is 0 Å². The molecular formula is C26H42N2O4. The fraction of sp³-hybridized carbons (Fsp3) is 0.692. The molecule has 1 unspecified atom stereocenters. The molecule has 2 N–H and O–H groups in total. The van der Waals surface area contributed by atoms with Gasteiger partial charge in [0, 0.05) is 25.3 Å². The third kappa shape index (κ3) is 7.68. The van der Waals surface area contributed by atoms with E-state index in [1.165, 1.54) is 0 Å². The van der Waals surface area contributed by atoms with Crippen molar-refractivity contribution < 1.29 is 19.4 Å². The first kappa shape index (κ1) is 26.5. The van der Waals surface area contributed by atoms with Crippen LogP contribution in [0, 0.1) is 11.8 Å². The molecule has 1 saturated heterocycles. The van der Waals surface area contributed by atoms with Gasteiger partial charge in [-0.25, -0.2) is 0 Å². The number of aliphatic hydroxyl groups excluding tert-OH is 1. The van der Waals surface area contributed by atoms with E-state index in [2.05, 4.69) is 19.2 Å². The second-order valence-electron chi connectivity index (χ2n) is 9.47. The molecule has 6 heteroatoms. The summed E-state index contributed by atoms with van der Waals surface area (Å²) >= 11 is 0. The maximum absolute atomic E-state index is 13.0. The summed E-state index contributed by atoms with van der Waals surface area (Å²) in [5, 5.41) is 13.7. The van der Waals surface area contributed by atoms with Gasteiger partial charge in [0.1, 0.15) is 6.23 Å². The zero-order valence-electron chi connectivity index (χ0n) is 20.4. The summed E-state index contributed by atoms with van der Waals surface area (Å²) in [4.78, 5) is 27.5. The summed E-state index contributed by atoms with van der Waals surface area (Å²) in [5.41, 5.74) is 0.630. The van der Waals surface area contributed by atoms with Crippen LogP contribution in [-0.4, -0.2) is 59.8 Å². The van der Waals surface area contributed by atoms with E-state index in [-0.39, 0.29) is 29.8 Å². The van der Waals surface area contributed by atoms with Crippen LogP contribution in [0.4, 0.5) is 0 Å². The lowest BCUT2D eigenvalue weighted by atomic mass is 9.96. The normalized spacial score (nSPS) is 21.1. The highest BCUT2D eigenvalue weighted by Crippen LogP contribution is 2.26. The number of carbonyl (C=O) groups excluding carboxylic acids is 2. The number of aliphatic hydroxyl groups is 1. The number of ether oxygens (including phenoxy) is 1. The third-order valence-electron chi connectivity index (χ3n) is 6.85. The molecule has 1 amide bonds. The molecule has 1 fully saturated rings. The average molecular weight is 447 g/mol. The van der Waals surface area contributed by atoms with Crippen molar-refractivity contribution in [2.75, 3.05) is 13.7 Å². The van der Waals surface area contributed by atoms with E-state index in [1.807, 2.05) is 30.0 Å². The second kappa shape index (κ2) is 13.1. The number of nitrogens with zero attached hydrogens (tertiary/aromatic N) is 1. The van der Waals surface area contributed by atoms with E-state index in [0.717, 1.165) is 32.2 Å². The van der Waals surface area contributed by atoms with Gasteiger partial charge in [0.15, 0.2) is 5.78 Å². The van der Waals surface area contributed by atoms with Gasteiger partial charge in [-0.3, -0.25) is 14.9 Å². The van der Waals surface area contributed by atoms with Crippen LogP contribution >= 0.6 is 0 Å². The minimum Gasteiger partial charge on any atom is -0.381 e. The number of benzene rings is 1. The van der Waals surface area contributed by atoms with E-state index >= 15 is 0 Å². The highest BCUT2D eigenvalue weighted by molar-refractivity contribution is 5.99. The number of nitrogens with one attached hydrogen (secondary N) is 1. The summed E-state index contributed by atoms with van der Waals surface area (Å²) in [6.07, 6.45) is 4.16. The molecule has 0 saturated carbocycles. The smallest absolute Gasteiger partial charge is 0.225 e. The monoisotopic (exact) mass is 446 g/mol. The molecule has 0 bridgehead atoms. The predicted octanol–water partition coefficient (Wildman–Crippen LogP) is 4.02. The third-order valence-corrected chi connectivity index (χ3v) is 6.85. The van der Waals surface area contributed by atoms with Gasteiger partial charge in [0.05, 0.1) is 18.6 Å². The zero-order valence-corrected chi connectivity index (χ0v) is 20.4. The van der Waals surface area contributed by atoms with Crippen LogP contribution in [0.1, 0.15) is 76.6 Å². The minimum atomic E-state index is -0.813. The Labute approximate surface area is 193 Å². The standard InChI is InChI=1S/C26H42N2O4/c1-6-18(2)15-23(32-5)17-24(29)28-14-10-13-22(28)16-19(3)26(31)27-20(4)25(30)21-11-8-7-9-12-21/h7-9,11-12,18-20,22-23,26-27,31H,6,10,13-17H2,1-5H3/t18-,19+,20+,22-,23-,26?/m0/s1. The Hall–Kier alpha value is -1.76. The summed E-state index contributed by atoms with van der Waals surface area (Å²) in [5.74, 6) is 0.549. The maximum Gasteiger partial charge on any atom is 0.225 e. The highest BCUT2D eigenvalue weighted by atomic mass is 16.5. The van der Waals surface area contributed by atoms with Crippen LogP contribution in [0.2, 0.25) is 0 Å². The van der Waals surface area contributed by atoms with Crippen LogP contribution in [0.25, 0.3) is 0 Å². The molecule has 1 aliphatic heterocycles. The molecule has 1 aliphatic rings. The minimum absolute atomic E-state index is 0.0403. The fourth-order valence-corrected chi connectivity index (χ4v) is 4.51. The van der Waals surface area contributed by atoms with Gasteiger partial charge in [0.25, 0.3) is 0 Å². The van der Waals surface area contributed by atoms with E-state index in [1.54, 1.807) is 26.2 Å². The average Bonchev–Trinajstić information content (AvgIpc) is 3.26. The molecule has 1 aromatic rings. The lowest BCUT2D eigenvalue weighted by molar-refractivity contribution is -0.135. The SMILES string of the molecule is CC[C@H](C)C[C@@H](CC(=O)N1CCC[C@H]1C[C@@H](C)C(O)N[C@H](C)C(=O)c1ccccc1)OC. The predicted molar refractivity (Wildman–Crippen MR) is 127 cm³/mol. The zero-order chi connectivity index (χ0) is 23.7. The van der Waals surface area contributed by atoms with Crippen LogP contribution in [0.3, 0.4) is 0 Å². The van der Waals surface area contributed by atoms with Gasteiger partial charge in [-0.05, 0) is 44.4 Å². The summed E-state index contributed by atoms with van der Waals surface area (Å²) in [7, 11) is 1.68. The topological polar surface area (TPSA) is 78.9 Å². The molecule has 6 atom stereocenters. The largest absolute Gasteiger partial charge is 0.381 e. The second-order valence-corrected chi connectivity index (χ2v) is 9.47. The maximum atomic E-state index is 13.0. The molecule has 1 heterocycles. The first-order chi connectivity index (χ1) is 15.3. The van der Waals surface area contributed by atoms with Crippen LogP contribution < -0.4 is 5.32 Å². The molecule has 6 nitrogen and oxygen atoms in total. The van der Waals surface area contributed by atoms with Crippen molar-refractivity contribution in [3.63, 3.8) is 0 Å². The molecular weight excluding hydrogens is 404 g/mol. The Morgan fingerprint density at radius 2 is 1.91 bits per heavy atom. The first-order valence-electron chi connectivity index (χ1n) is 12.1. The van der Waals surface area contributed by atoms with Crippen molar-refractivity contribution in [2.24, 2.45) is 11.8 Å². The number of likely N-dealkylation sites (tertiary alicyclic amines) is 1. The molecule has 0 spiro atoms. The number of rotatable bonds is 13. The molecule has 180 valence electrons. The van der Waals surface area contributed by atoms with Crippen molar-refractivity contribution in [1.82, 2.24) is 10.2 Å². The van der Waals surface area contributed by atoms with Crippen molar-refractivity contribution in [1.29, 1.82) is 0 Å². The Bertz CT molecular complexity index is 711. The number of hydrogen-bond donors (Lipinski definition) is 2. The van der Waals surface area contributed by atoms with Gasteiger partial charge in [-0.15, -0.1) is 0 Å². The van der Waals surface area contributed by atoms with Gasteiger partial charge < -0.3 is 14.7 Å². The van der Waals surface area contributed by atoms with E-state index in [0.29, 0.717) is 24.3 Å². The summed E-state index contributed by atoms with van der Waals surface area (Å²) in [6.45, 7) is 8.86. The van der Waals surface area contributed by atoms with E-state index < -0.39 is 12.3 Å².